The molecule has 1 aliphatic heterocycles. The number of Topliss-reactive ketones (excluding diaryl/α,β-unsaturated/α-hetero) is 1. The Morgan fingerprint density at radius 1 is 1.29 bits per heavy atom. The third-order valence-corrected chi connectivity index (χ3v) is 6.19. The van der Waals surface area contributed by atoms with Gasteiger partial charge in [-0.1, -0.05) is 34.6 Å². The standard InChI is InChI=1S/C26H34N4O4/c1-25(2,3)23(33)20-11-27-24-22(20)29-21(12-28-24)16-8-17(30-7-6-26(4,5)15-30)10-19(9-16)34-14-18(32)13-31/h8-12,18,31-32H,6-7,13-15H2,1-5H3,(H,27,28). The number of rotatable bonds is 7. The largest absolute Gasteiger partial charge is 0.491 e. The molecule has 3 N–H and O–H groups in total. The first-order chi connectivity index (χ1) is 16.0. The zero-order valence-electron chi connectivity index (χ0n) is 20.6. The van der Waals surface area contributed by atoms with Gasteiger partial charge in [0.2, 0.25) is 0 Å². The highest BCUT2D eigenvalue weighted by Gasteiger charge is 2.30. The molecule has 1 aromatic carbocycles. The number of aliphatic hydroxyl groups excluding tert-OH is 2. The van der Waals surface area contributed by atoms with Gasteiger partial charge in [0, 0.05) is 42.0 Å². The fraction of sp³-hybridized carbons (Fsp3) is 0.500. The van der Waals surface area contributed by atoms with Crippen LogP contribution in [0.2, 0.25) is 0 Å². The third kappa shape index (κ3) is 5.08. The lowest BCUT2D eigenvalue weighted by molar-refractivity contribution is 0.0536. The third-order valence-electron chi connectivity index (χ3n) is 6.19. The van der Waals surface area contributed by atoms with Crippen molar-refractivity contribution >= 4 is 22.6 Å². The number of nitrogens with one attached hydrogen (secondary N) is 1. The van der Waals surface area contributed by atoms with Crippen LogP contribution < -0.4 is 9.64 Å². The predicted molar refractivity (Wildman–Crippen MR) is 132 cm³/mol. The van der Waals surface area contributed by atoms with E-state index in [0.29, 0.717) is 28.2 Å². The molecule has 0 saturated carbocycles. The molecular weight excluding hydrogens is 432 g/mol. The van der Waals surface area contributed by atoms with Gasteiger partial charge in [-0.2, -0.15) is 0 Å². The number of benzene rings is 1. The second-order valence-corrected chi connectivity index (χ2v) is 10.9. The molecule has 1 unspecified atom stereocenters. The molecular formula is C26H34N4O4. The van der Waals surface area contributed by atoms with E-state index in [1.807, 2.05) is 32.9 Å². The monoisotopic (exact) mass is 466 g/mol. The van der Waals surface area contributed by atoms with Crippen LogP contribution in [0.4, 0.5) is 5.69 Å². The lowest BCUT2D eigenvalue weighted by atomic mass is 9.87. The fourth-order valence-corrected chi connectivity index (χ4v) is 4.18. The van der Waals surface area contributed by atoms with E-state index in [1.54, 1.807) is 12.4 Å². The van der Waals surface area contributed by atoms with Gasteiger partial charge in [-0.25, -0.2) is 9.97 Å². The molecule has 1 fully saturated rings. The molecule has 3 aromatic rings. The molecule has 1 atom stereocenters. The summed E-state index contributed by atoms with van der Waals surface area (Å²) in [6.45, 7) is 11.6. The molecule has 182 valence electrons. The normalized spacial score (nSPS) is 16.7. The van der Waals surface area contributed by atoms with Gasteiger partial charge in [0.25, 0.3) is 0 Å². The van der Waals surface area contributed by atoms with Crippen LogP contribution >= 0.6 is 0 Å². The number of ether oxygens (including phenoxy) is 1. The van der Waals surface area contributed by atoms with Gasteiger partial charge in [-0.05, 0) is 24.0 Å². The number of anilines is 1. The maximum absolute atomic E-state index is 13.0. The molecule has 3 heterocycles. The Hall–Kier alpha value is -2.97. The van der Waals surface area contributed by atoms with Crippen LogP contribution in [0.3, 0.4) is 0 Å². The molecule has 1 aliphatic rings. The Kier molecular flexibility index (Phi) is 6.40. The van der Waals surface area contributed by atoms with Crippen molar-refractivity contribution in [1.29, 1.82) is 0 Å². The molecule has 4 rings (SSSR count). The van der Waals surface area contributed by atoms with Gasteiger partial charge in [-0.15, -0.1) is 0 Å². The minimum Gasteiger partial charge on any atom is -0.491 e. The number of ketones is 1. The summed E-state index contributed by atoms with van der Waals surface area (Å²) in [7, 11) is 0. The molecule has 34 heavy (non-hydrogen) atoms. The van der Waals surface area contributed by atoms with E-state index in [2.05, 4.69) is 34.8 Å². The average Bonchev–Trinajstić information content (AvgIpc) is 3.38. The number of hydrogen-bond acceptors (Lipinski definition) is 7. The number of fused-ring (bicyclic) bond motifs is 1. The second kappa shape index (κ2) is 9.00. The predicted octanol–water partition coefficient (Wildman–Crippen LogP) is 3.82. The van der Waals surface area contributed by atoms with Crippen molar-refractivity contribution in [3.63, 3.8) is 0 Å². The van der Waals surface area contributed by atoms with Gasteiger partial charge in [0.1, 0.15) is 24.0 Å². The van der Waals surface area contributed by atoms with Crippen molar-refractivity contribution in [3.05, 3.63) is 36.2 Å². The van der Waals surface area contributed by atoms with Gasteiger partial charge in [-0.3, -0.25) is 4.79 Å². The van der Waals surface area contributed by atoms with Gasteiger partial charge >= 0.3 is 0 Å². The molecule has 0 radical (unpaired) electrons. The van der Waals surface area contributed by atoms with E-state index >= 15 is 0 Å². The first-order valence-electron chi connectivity index (χ1n) is 11.7. The van der Waals surface area contributed by atoms with E-state index in [4.69, 9.17) is 14.8 Å². The van der Waals surface area contributed by atoms with E-state index in [0.717, 1.165) is 30.8 Å². The van der Waals surface area contributed by atoms with Crippen LogP contribution in [-0.2, 0) is 0 Å². The summed E-state index contributed by atoms with van der Waals surface area (Å²) in [4.78, 5) is 27.6. The summed E-state index contributed by atoms with van der Waals surface area (Å²) in [5.74, 6) is 0.576. The first kappa shape index (κ1) is 24.2. The van der Waals surface area contributed by atoms with Crippen LogP contribution in [0, 0.1) is 10.8 Å². The Balaban J connectivity index is 1.76. The van der Waals surface area contributed by atoms with Crippen molar-refractivity contribution in [2.45, 2.75) is 47.1 Å². The number of hydrogen-bond donors (Lipinski definition) is 3. The minimum atomic E-state index is -0.959. The zero-order valence-corrected chi connectivity index (χ0v) is 20.6. The van der Waals surface area contributed by atoms with Gasteiger partial charge in [0.05, 0.1) is 24.1 Å². The Morgan fingerprint density at radius 3 is 2.71 bits per heavy atom. The maximum Gasteiger partial charge on any atom is 0.171 e. The van der Waals surface area contributed by atoms with Crippen molar-refractivity contribution in [3.8, 4) is 17.0 Å². The topological polar surface area (TPSA) is 112 Å². The smallest absolute Gasteiger partial charge is 0.171 e. The minimum absolute atomic E-state index is 0.000243. The summed E-state index contributed by atoms with van der Waals surface area (Å²) in [5, 5.41) is 18.9. The van der Waals surface area contributed by atoms with Gasteiger partial charge < -0.3 is 24.8 Å². The number of H-pyrrole nitrogens is 1. The van der Waals surface area contributed by atoms with Crippen LogP contribution in [0.25, 0.3) is 22.4 Å². The van der Waals surface area contributed by atoms with Gasteiger partial charge in [0.15, 0.2) is 11.4 Å². The molecule has 0 spiro atoms. The Bertz CT molecular complexity index is 1200. The molecule has 1 saturated heterocycles. The van der Waals surface area contributed by atoms with Crippen molar-refractivity contribution in [2.24, 2.45) is 10.8 Å². The SMILES string of the molecule is CC1(C)CCN(c2cc(OCC(O)CO)cc(-c3cnc4[nH]cc(C(=O)C(C)(C)C)c4n3)c2)C1. The highest BCUT2D eigenvalue weighted by atomic mass is 16.5. The molecule has 8 heteroatoms. The first-order valence-corrected chi connectivity index (χ1v) is 11.7. The summed E-state index contributed by atoms with van der Waals surface area (Å²) in [6, 6.07) is 5.86. The van der Waals surface area contributed by atoms with E-state index in [-0.39, 0.29) is 24.4 Å². The summed E-state index contributed by atoms with van der Waals surface area (Å²) >= 11 is 0. The Labute approximate surface area is 200 Å². The second-order valence-electron chi connectivity index (χ2n) is 10.9. The number of nitrogens with zero attached hydrogens (tertiary/aromatic N) is 3. The average molecular weight is 467 g/mol. The highest BCUT2D eigenvalue weighted by molar-refractivity contribution is 6.08. The quantitative estimate of drug-likeness (QED) is 0.454. The van der Waals surface area contributed by atoms with Crippen molar-refractivity contribution in [1.82, 2.24) is 15.0 Å². The van der Waals surface area contributed by atoms with Crippen LogP contribution in [0.5, 0.6) is 5.75 Å². The number of aromatic nitrogens is 3. The molecule has 0 aliphatic carbocycles. The van der Waals surface area contributed by atoms with E-state index in [9.17, 15) is 9.90 Å². The molecule has 8 nitrogen and oxygen atoms in total. The summed E-state index contributed by atoms with van der Waals surface area (Å²) < 4.78 is 5.81. The Morgan fingerprint density at radius 2 is 2.06 bits per heavy atom. The number of aliphatic hydroxyl groups is 2. The fourth-order valence-electron chi connectivity index (χ4n) is 4.18. The summed E-state index contributed by atoms with van der Waals surface area (Å²) in [6.07, 6.45) is 3.49. The maximum atomic E-state index is 13.0. The number of carbonyl (C=O) groups excluding carboxylic acids is 1. The highest BCUT2D eigenvalue weighted by Crippen LogP contribution is 2.37. The van der Waals surface area contributed by atoms with Crippen molar-refractivity contribution < 1.29 is 19.7 Å². The zero-order chi connectivity index (χ0) is 24.7. The number of aromatic amines is 1. The molecule has 2 aromatic heterocycles. The van der Waals surface area contributed by atoms with Crippen LogP contribution in [-0.4, -0.2) is 63.4 Å². The lowest BCUT2D eigenvalue weighted by Crippen LogP contribution is -2.23. The van der Waals surface area contributed by atoms with Crippen LogP contribution in [0.1, 0.15) is 51.4 Å². The van der Waals surface area contributed by atoms with Crippen LogP contribution in [0.15, 0.2) is 30.6 Å². The van der Waals surface area contributed by atoms with E-state index < -0.39 is 11.5 Å². The molecule has 0 amide bonds. The van der Waals surface area contributed by atoms with Crippen molar-refractivity contribution in [2.75, 3.05) is 31.2 Å². The lowest BCUT2D eigenvalue weighted by Gasteiger charge is -2.23. The number of carbonyl (C=O) groups is 1. The molecule has 0 bridgehead atoms. The van der Waals surface area contributed by atoms with E-state index in [1.165, 1.54) is 0 Å². The summed E-state index contributed by atoms with van der Waals surface area (Å²) in [5.41, 5.74) is 3.75.